The first-order chi connectivity index (χ1) is 9.04. The molecule has 1 aromatic carbocycles. The third-order valence-corrected chi connectivity index (χ3v) is 3.92. The molecular weight excluding hydrogens is 264 g/mol. The van der Waals surface area contributed by atoms with Crippen LogP contribution in [0, 0.1) is 0 Å². The summed E-state index contributed by atoms with van der Waals surface area (Å²) in [5.74, 6) is 0.676. The van der Waals surface area contributed by atoms with E-state index in [0.29, 0.717) is 23.4 Å². The van der Waals surface area contributed by atoms with Crippen LogP contribution < -0.4 is 0 Å². The van der Waals surface area contributed by atoms with E-state index < -0.39 is 9.84 Å². The number of H-pyrrole nitrogens is 1. The fraction of sp³-hybridized carbons (Fsp3) is 0.167. The lowest BCUT2D eigenvalue weighted by Crippen LogP contribution is -2.01. The Kier molecular flexibility index (Phi) is 2.63. The standard InChI is InChI=1S/C12H12N4O2S/c1-19(17,18)10-5-2-4-9-12(10)15-11(14-9)8-16-7-3-6-13-16/h2-7H,8H2,1H3,(H,14,15). The Morgan fingerprint density at radius 1 is 1.32 bits per heavy atom. The van der Waals surface area contributed by atoms with Crippen molar-refractivity contribution in [3.63, 3.8) is 0 Å². The van der Waals surface area contributed by atoms with Gasteiger partial charge in [0.05, 0.1) is 17.0 Å². The molecule has 0 saturated heterocycles. The molecule has 3 aromatic rings. The molecule has 0 aliphatic heterocycles. The van der Waals surface area contributed by atoms with E-state index >= 15 is 0 Å². The summed E-state index contributed by atoms with van der Waals surface area (Å²) in [6.07, 6.45) is 4.69. The van der Waals surface area contributed by atoms with Gasteiger partial charge in [-0.2, -0.15) is 5.10 Å². The first-order valence-corrected chi connectivity index (χ1v) is 7.58. The predicted octanol–water partition coefficient (Wildman–Crippen LogP) is 1.21. The van der Waals surface area contributed by atoms with Crippen molar-refractivity contribution in [1.82, 2.24) is 19.7 Å². The molecule has 0 spiro atoms. The number of rotatable bonds is 3. The Labute approximate surface area is 110 Å². The Bertz CT molecular complexity index is 819. The normalized spacial score (nSPS) is 12.1. The van der Waals surface area contributed by atoms with Crippen molar-refractivity contribution in [1.29, 1.82) is 0 Å². The maximum Gasteiger partial charge on any atom is 0.177 e. The number of sulfone groups is 1. The molecule has 0 aliphatic carbocycles. The summed E-state index contributed by atoms with van der Waals surface area (Å²) in [6.45, 7) is 0.477. The van der Waals surface area contributed by atoms with Crippen molar-refractivity contribution in [2.45, 2.75) is 11.4 Å². The molecular formula is C12H12N4O2S. The number of nitrogens with zero attached hydrogens (tertiary/aromatic N) is 3. The zero-order valence-electron chi connectivity index (χ0n) is 10.2. The summed E-state index contributed by atoms with van der Waals surface area (Å²) in [4.78, 5) is 7.71. The summed E-state index contributed by atoms with van der Waals surface area (Å²) >= 11 is 0. The molecule has 98 valence electrons. The molecule has 6 nitrogen and oxygen atoms in total. The van der Waals surface area contributed by atoms with Crippen LogP contribution in [0.3, 0.4) is 0 Å². The van der Waals surface area contributed by atoms with Crippen molar-refractivity contribution < 1.29 is 8.42 Å². The fourth-order valence-corrected chi connectivity index (χ4v) is 2.81. The largest absolute Gasteiger partial charge is 0.340 e. The van der Waals surface area contributed by atoms with Crippen molar-refractivity contribution >= 4 is 20.9 Å². The SMILES string of the molecule is CS(=O)(=O)c1cccc2[nH]c(Cn3cccn3)nc12. The third-order valence-electron chi connectivity index (χ3n) is 2.80. The van der Waals surface area contributed by atoms with E-state index in [0.717, 1.165) is 0 Å². The lowest BCUT2D eigenvalue weighted by Gasteiger charge is -1.97. The monoisotopic (exact) mass is 276 g/mol. The van der Waals surface area contributed by atoms with Crippen LogP contribution in [-0.4, -0.2) is 34.4 Å². The number of imidazole rings is 1. The van der Waals surface area contributed by atoms with Gasteiger partial charge < -0.3 is 4.98 Å². The number of benzene rings is 1. The summed E-state index contributed by atoms with van der Waals surface area (Å²) in [5.41, 5.74) is 1.19. The van der Waals surface area contributed by atoms with Crippen LogP contribution in [0.5, 0.6) is 0 Å². The van der Waals surface area contributed by atoms with Crippen LogP contribution in [0.25, 0.3) is 11.0 Å². The van der Waals surface area contributed by atoms with Gasteiger partial charge in [-0.05, 0) is 18.2 Å². The maximum atomic E-state index is 11.7. The maximum absolute atomic E-state index is 11.7. The van der Waals surface area contributed by atoms with Crippen molar-refractivity contribution in [2.24, 2.45) is 0 Å². The lowest BCUT2D eigenvalue weighted by molar-refractivity contribution is 0.602. The lowest BCUT2D eigenvalue weighted by atomic mass is 10.3. The topological polar surface area (TPSA) is 80.6 Å². The van der Waals surface area contributed by atoms with Crippen molar-refractivity contribution in [3.05, 3.63) is 42.5 Å². The van der Waals surface area contributed by atoms with Gasteiger partial charge in [-0.25, -0.2) is 13.4 Å². The van der Waals surface area contributed by atoms with E-state index in [4.69, 9.17) is 0 Å². The van der Waals surface area contributed by atoms with Crippen molar-refractivity contribution in [3.8, 4) is 0 Å². The molecule has 2 heterocycles. The third kappa shape index (κ3) is 2.24. The van der Waals surface area contributed by atoms with Crippen LogP contribution >= 0.6 is 0 Å². The highest BCUT2D eigenvalue weighted by Gasteiger charge is 2.15. The first kappa shape index (κ1) is 11.9. The van der Waals surface area contributed by atoms with Gasteiger partial charge in [-0.3, -0.25) is 4.68 Å². The summed E-state index contributed by atoms with van der Waals surface area (Å²) < 4.78 is 25.1. The minimum Gasteiger partial charge on any atom is -0.340 e. The van der Waals surface area contributed by atoms with Gasteiger partial charge in [-0.15, -0.1) is 0 Å². The highest BCUT2D eigenvalue weighted by molar-refractivity contribution is 7.91. The van der Waals surface area contributed by atoms with E-state index in [2.05, 4.69) is 15.1 Å². The minimum atomic E-state index is -3.28. The second-order valence-corrected chi connectivity index (χ2v) is 6.30. The quantitative estimate of drug-likeness (QED) is 0.779. The molecule has 0 bridgehead atoms. The molecule has 0 radical (unpaired) electrons. The summed E-state index contributed by atoms with van der Waals surface area (Å²) in [5, 5.41) is 4.09. The summed E-state index contributed by atoms with van der Waals surface area (Å²) in [7, 11) is -3.28. The van der Waals surface area contributed by atoms with Crippen LogP contribution in [0.15, 0.2) is 41.6 Å². The summed E-state index contributed by atoms with van der Waals surface area (Å²) in [6, 6.07) is 6.90. The number of hydrogen-bond acceptors (Lipinski definition) is 4. The molecule has 0 amide bonds. The van der Waals surface area contributed by atoms with E-state index in [1.807, 2.05) is 18.3 Å². The Morgan fingerprint density at radius 3 is 2.84 bits per heavy atom. The molecule has 1 N–H and O–H groups in total. The van der Waals surface area contributed by atoms with E-state index in [-0.39, 0.29) is 4.90 Å². The average Bonchev–Trinajstić information content (AvgIpc) is 2.95. The van der Waals surface area contributed by atoms with Crippen LogP contribution in [0.2, 0.25) is 0 Å². The molecule has 0 fully saturated rings. The number of hydrogen-bond donors (Lipinski definition) is 1. The van der Waals surface area contributed by atoms with Gasteiger partial charge >= 0.3 is 0 Å². The smallest absolute Gasteiger partial charge is 0.177 e. The first-order valence-electron chi connectivity index (χ1n) is 5.69. The number of para-hydroxylation sites is 1. The van der Waals surface area contributed by atoms with E-state index in [1.54, 1.807) is 23.0 Å². The fourth-order valence-electron chi connectivity index (χ4n) is 1.98. The molecule has 2 aromatic heterocycles. The highest BCUT2D eigenvalue weighted by Crippen LogP contribution is 2.21. The number of aromatic amines is 1. The zero-order chi connectivity index (χ0) is 13.5. The molecule has 0 atom stereocenters. The number of nitrogens with one attached hydrogen (secondary N) is 1. The van der Waals surface area contributed by atoms with Crippen LogP contribution in [-0.2, 0) is 16.4 Å². The van der Waals surface area contributed by atoms with Gasteiger partial charge in [0.15, 0.2) is 9.84 Å². The second kappa shape index (κ2) is 4.20. The predicted molar refractivity (Wildman–Crippen MR) is 70.5 cm³/mol. The Balaban J connectivity index is 2.11. The molecule has 19 heavy (non-hydrogen) atoms. The molecule has 0 unspecified atom stereocenters. The Morgan fingerprint density at radius 2 is 2.16 bits per heavy atom. The average molecular weight is 276 g/mol. The Hall–Kier alpha value is -2.15. The van der Waals surface area contributed by atoms with Crippen LogP contribution in [0.4, 0.5) is 0 Å². The van der Waals surface area contributed by atoms with Crippen molar-refractivity contribution in [2.75, 3.05) is 6.26 Å². The molecule has 7 heteroatoms. The molecule has 0 saturated carbocycles. The van der Waals surface area contributed by atoms with E-state index in [1.165, 1.54) is 6.26 Å². The van der Waals surface area contributed by atoms with Gasteiger partial charge in [0.25, 0.3) is 0 Å². The van der Waals surface area contributed by atoms with Crippen LogP contribution in [0.1, 0.15) is 5.82 Å². The van der Waals surface area contributed by atoms with Gasteiger partial charge in [0.2, 0.25) is 0 Å². The molecule has 0 aliphatic rings. The molecule has 3 rings (SSSR count). The zero-order valence-corrected chi connectivity index (χ0v) is 11.1. The van der Waals surface area contributed by atoms with Gasteiger partial charge in [0, 0.05) is 18.6 Å². The highest BCUT2D eigenvalue weighted by atomic mass is 32.2. The number of fused-ring (bicyclic) bond motifs is 1. The van der Waals surface area contributed by atoms with Gasteiger partial charge in [0.1, 0.15) is 11.3 Å². The second-order valence-electron chi connectivity index (χ2n) is 4.31. The van der Waals surface area contributed by atoms with Gasteiger partial charge in [-0.1, -0.05) is 6.07 Å². The van der Waals surface area contributed by atoms with E-state index in [9.17, 15) is 8.42 Å². The number of aromatic nitrogens is 4. The minimum absolute atomic E-state index is 0.243.